The van der Waals surface area contributed by atoms with E-state index in [4.69, 9.17) is 47.9 Å². The molecule has 1 saturated heterocycles. The van der Waals surface area contributed by atoms with E-state index in [1.165, 1.54) is 23.2 Å². The SMILES string of the molecule is CC(C)C(=O)Nc1nc2c(ccn2[C@@H]2O[C@H](CO)[C@@H](O[Si](O[Si](O)(C(C)C)C(C)C)(C(C)C)C(C)C)[C@H]2O[P@@](=S)(OCCC#N)OC[C@H]2C[C@@H](Oc3ccncn3)C[C@@H]2O[PH](=O)O)c(=O)[nH]1. The van der Waals surface area contributed by atoms with Crippen molar-refractivity contribution >= 4 is 66.8 Å². The average molecular weight is 1020 g/mol. The molecule has 2 aliphatic rings. The lowest BCUT2D eigenvalue weighted by atomic mass is 10.1. The van der Waals surface area contributed by atoms with Crippen molar-refractivity contribution in [3.05, 3.63) is 41.2 Å². The van der Waals surface area contributed by atoms with Gasteiger partial charge in [0.1, 0.15) is 30.7 Å². The van der Waals surface area contributed by atoms with Crippen LogP contribution >= 0.6 is 15.0 Å². The van der Waals surface area contributed by atoms with E-state index in [0.29, 0.717) is 12.3 Å². The Bertz CT molecular complexity index is 2250. The van der Waals surface area contributed by atoms with E-state index >= 15 is 0 Å². The van der Waals surface area contributed by atoms with Crippen LogP contribution in [0.3, 0.4) is 0 Å². The number of carbonyl (C=O) groups is 1. The highest BCUT2D eigenvalue weighted by Gasteiger charge is 2.60. The first kappa shape index (κ1) is 54.1. The zero-order chi connectivity index (χ0) is 48.7. The summed E-state index contributed by atoms with van der Waals surface area (Å²) in [6, 6.07) is 5.13. The van der Waals surface area contributed by atoms with Crippen LogP contribution in [0.15, 0.2) is 35.6 Å². The largest absolute Gasteiger partial charge is 0.474 e. The van der Waals surface area contributed by atoms with Crippen LogP contribution in [0.25, 0.3) is 11.0 Å². The Balaban J connectivity index is 1.62. The van der Waals surface area contributed by atoms with Crippen molar-refractivity contribution in [3.8, 4) is 11.9 Å². The number of anilines is 1. The molecule has 2 fully saturated rings. The number of aromatic nitrogens is 5. The molecule has 26 heteroatoms. The Morgan fingerprint density at radius 2 is 1.79 bits per heavy atom. The third-order valence-corrected chi connectivity index (χ3v) is 24.4. The summed E-state index contributed by atoms with van der Waals surface area (Å²) < 4.78 is 65.7. The van der Waals surface area contributed by atoms with Crippen LogP contribution in [-0.4, -0.2) is 113 Å². The number of ether oxygens (including phenoxy) is 2. The van der Waals surface area contributed by atoms with E-state index in [1.54, 1.807) is 26.1 Å². The van der Waals surface area contributed by atoms with Gasteiger partial charge in [0, 0.05) is 36.7 Å². The van der Waals surface area contributed by atoms with E-state index in [9.17, 15) is 34.2 Å². The Kier molecular flexibility index (Phi) is 19.0. The number of amides is 1. The zero-order valence-corrected chi connectivity index (χ0v) is 43.7. The van der Waals surface area contributed by atoms with Gasteiger partial charge in [-0.2, -0.15) is 10.2 Å². The molecule has 1 aliphatic heterocycles. The van der Waals surface area contributed by atoms with Crippen molar-refractivity contribution in [2.75, 3.05) is 25.1 Å². The minimum atomic E-state index is -4.04. The molecule has 5 N–H and O–H groups in total. The minimum absolute atomic E-state index is 0.0853. The summed E-state index contributed by atoms with van der Waals surface area (Å²) in [6.45, 7) is 13.9. The van der Waals surface area contributed by atoms with Gasteiger partial charge in [0.2, 0.25) is 17.7 Å². The van der Waals surface area contributed by atoms with E-state index in [1.807, 2.05) is 61.5 Å². The summed E-state index contributed by atoms with van der Waals surface area (Å²) in [5, 5.41) is 23.4. The van der Waals surface area contributed by atoms with Crippen LogP contribution in [0.1, 0.15) is 94.7 Å². The van der Waals surface area contributed by atoms with Crippen molar-refractivity contribution in [1.82, 2.24) is 24.5 Å². The Morgan fingerprint density at radius 1 is 1.09 bits per heavy atom. The van der Waals surface area contributed by atoms with Crippen LogP contribution in [-0.2, 0) is 52.5 Å². The van der Waals surface area contributed by atoms with Crippen LogP contribution < -0.4 is 15.6 Å². The molecule has 368 valence electrons. The minimum Gasteiger partial charge on any atom is -0.474 e. The van der Waals surface area contributed by atoms with E-state index in [0.717, 1.165) is 0 Å². The Labute approximate surface area is 392 Å². The lowest BCUT2D eigenvalue weighted by Crippen LogP contribution is -2.62. The number of nitrogens with one attached hydrogen (secondary N) is 2. The maximum absolute atomic E-state index is 13.5. The Morgan fingerprint density at radius 3 is 2.36 bits per heavy atom. The number of hydrogen-bond donors (Lipinski definition) is 5. The predicted molar refractivity (Wildman–Crippen MR) is 251 cm³/mol. The normalized spacial score (nSPS) is 24.2. The number of nitrogens with zero attached hydrogens (tertiary/aromatic N) is 5. The topological polar surface area (TPSA) is 281 Å². The number of H-pyrrole nitrogens is 1. The van der Waals surface area contributed by atoms with Gasteiger partial charge in [0.05, 0.1) is 43.8 Å². The van der Waals surface area contributed by atoms with Crippen LogP contribution in [0, 0.1) is 23.2 Å². The quantitative estimate of drug-likeness (QED) is 0.0385. The molecule has 1 saturated carbocycles. The molecule has 0 aromatic carbocycles. The van der Waals surface area contributed by atoms with E-state index in [-0.39, 0.29) is 65.2 Å². The smallest absolute Gasteiger partial charge is 0.335 e. The first-order chi connectivity index (χ1) is 31.1. The third kappa shape index (κ3) is 12.7. The van der Waals surface area contributed by atoms with Gasteiger partial charge in [-0.25, -0.2) is 9.97 Å². The summed E-state index contributed by atoms with van der Waals surface area (Å²) in [7, 11) is -10.6. The Hall–Kier alpha value is -2.83. The molecule has 5 rings (SSSR count). The molecule has 21 nitrogen and oxygen atoms in total. The number of aliphatic hydroxyl groups is 1. The number of fused-ring (bicyclic) bond motifs is 1. The zero-order valence-electron chi connectivity index (χ0n) is 39.0. The van der Waals surface area contributed by atoms with Gasteiger partial charge in [-0.05, 0) is 46.5 Å². The van der Waals surface area contributed by atoms with Gasteiger partial charge >= 0.3 is 32.1 Å². The number of rotatable bonds is 24. The fraction of sp³-hybridized carbons (Fsp3) is 0.700. The number of nitriles is 1. The highest BCUT2D eigenvalue weighted by molar-refractivity contribution is 8.07. The summed E-state index contributed by atoms with van der Waals surface area (Å²) in [5.41, 5.74) is -1.47. The van der Waals surface area contributed by atoms with Gasteiger partial charge in [-0.1, -0.05) is 69.2 Å². The van der Waals surface area contributed by atoms with Crippen molar-refractivity contribution in [3.63, 3.8) is 0 Å². The second-order valence-electron chi connectivity index (χ2n) is 18.0. The second-order valence-corrected chi connectivity index (χ2v) is 30.4. The molecule has 1 unspecified atom stereocenters. The fourth-order valence-electron chi connectivity index (χ4n) is 8.21. The molecule has 0 radical (unpaired) electrons. The van der Waals surface area contributed by atoms with E-state index < -0.39 is 98.8 Å². The van der Waals surface area contributed by atoms with Crippen molar-refractivity contribution < 1.29 is 60.3 Å². The molecule has 3 aromatic rings. The standard InChI is InChI=1S/C40H65N7O14P2SSi2/c1-23(2)37(49)45-40-44-36-30(38(50)46-40)13-16-47(36)39-35(34(32(20-48)57-39)60-66(26(7)8,27(9)10)61-65(53,24(3)4)25(5)6)59-63(64,54-17-11-14-41)55-21-28-18-29(19-31(28)58-62(51)52)56-33-12-15-42-22-43-33/h12-13,15-16,22-29,31-32,34-35,39,48,53,62H,11,17-21H2,1-10H3,(H,51,52)(H2,44,45,46,49,50)/t28-,29-,31+,32-,34-,35-,39-,63-/m1/s1. The maximum Gasteiger partial charge on any atom is 0.335 e. The maximum atomic E-state index is 13.5. The molecule has 9 atom stereocenters. The lowest BCUT2D eigenvalue weighted by molar-refractivity contribution is -0.118. The van der Waals surface area contributed by atoms with Crippen molar-refractivity contribution in [1.29, 1.82) is 5.26 Å². The van der Waals surface area contributed by atoms with Crippen molar-refractivity contribution in [2.45, 2.75) is 147 Å². The molecular weight excluding hydrogens is 953 g/mol. The molecule has 0 bridgehead atoms. The van der Waals surface area contributed by atoms with Gasteiger partial charge in [0.25, 0.3) is 5.56 Å². The highest BCUT2D eigenvalue weighted by atomic mass is 32.5. The lowest BCUT2D eigenvalue weighted by Gasteiger charge is -2.47. The second kappa shape index (κ2) is 23.2. The van der Waals surface area contributed by atoms with Crippen molar-refractivity contribution in [2.24, 2.45) is 11.8 Å². The van der Waals surface area contributed by atoms with Gasteiger partial charge in [-0.15, -0.1) is 0 Å². The summed E-state index contributed by atoms with van der Waals surface area (Å²) in [4.78, 5) is 63.7. The first-order valence-electron chi connectivity index (χ1n) is 22.1. The fourth-order valence-corrected chi connectivity index (χ4v) is 20.8. The van der Waals surface area contributed by atoms with Gasteiger partial charge < -0.3 is 50.9 Å². The molecule has 4 heterocycles. The summed E-state index contributed by atoms with van der Waals surface area (Å²) in [5.74, 6) is -1.20. The molecule has 66 heavy (non-hydrogen) atoms. The molecule has 3 aromatic heterocycles. The van der Waals surface area contributed by atoms with E-state index in [2.05, 4.69) is 25.3 Å². The third-order valence-electron chi connectivity index (χ3n) is 11.8. The van der Waals surface area contributed by atoms with Crippen LogP contribution in [0.5, 0.6) is 5.88 Å². The molecular formula is C40H65N7O14P2SSi2. The van der Waals surface area contributed by atoms with Gasteiger partial charge in [0.15, 0.2) is 11.9 Å². The van der Waals surface area contributed by atoms with Crippen LogP contribution in [0.2, 0.25) is 22.2 Å². The first-order valence-corrected chi connectivity index (χ1v) is 29.9. The number of aromatic amines is 1. The molecule has 0 spiro atoms. The average Bonchev–Trinajstić information content (AvgIpc) is 3.94. The van der Waals surface area contributed by atoms with Crippen LogP contribution in [0.4, 0.5) is 5.95 Å². The monoisotopic (exact) mass is 1020 g/mol. The molecule has 1 aliphatic carbocycles. The van der Waals surface area contributed by atoms with Gasteiger partial charge in [-0.3, -0.25) is 29.0 Å². The summed E-state index contributed by atoms with van der Waals surface area (Å²) >= 11 is 6.15. The number of aliphatic hydroxyl groups excluding tert-OH is 1. The number of carbonyl (C=O) groups excluding carboxylic acids is 1. The predicted octanol–water partition coefficient (Wildman–Crippen LogP) is 6.10. The highest BCUT2D eigenvalue weighted by Crippen LogP contribution is 2.56. The summed E-state index contributed by atoms with van der Waals surface area (Å²) in [6.07, 6.45) is -1.38. The molecule has 1 amide bonds. The number of hydrogen-bond acceptors (Lipinski definition) is 18.